The molecule has 0 bridgehead atoms. The lowest BCUT2D eigenvalue weighted by Gasteiger charge is -2.09. The van der Waals surface area contributed by atoms with Gasteiger partial charge in [0.25, 0.3) is 27.7 Å². The van der Waals surface area contributed by atoms with Crippen molar-refractivity contribution in [3.05, 3.63) is 59.4 Å². The minimum Gasteiger partial charge on any atom is -0.383 e. The van der Waals surface area contributed by atoms with Crippen LogP contribution in [0.3, 0.4) is 0 Å². The zero-order chi connectivity index (χ0) is 24.3. The largest absolute Gasteiger partial charge is 0.383 e. The number of nitrogens with zero attached hydrogens (tertiary/aromatic N) is 1. The van der Waals surface area contributed by atoms with E-state index in [4.69, 9.17) is 9.47 Å². The highest BCUT2D eigenvalue weighted by molar-refractivity contribution is 7.90. The van der Waals surface area contributed by atoms with Crippen LogP contribution in [0.5, 0.6) is 0 Å². The quantitative estimate of drug-likeness (QED) is 0.369. The highest BCUT2D eigenvalue weighted by Gasteiger charge is 2.20. The van der Waals surface area contributed by atoms with Crippen LogP contribution >= 0.6 is 0 Å². The van der Waals surface area contributed by atoms with Gasteiger partial charge in [-0.1, -0.05) is 0 Å². The molecular weight excluding hydrogens is 452 g/mol. The Hall–Kier alpha value is -3.35. The van der Waals surface area contributed by atoms with E-state index in [1.165, 1.54) is 43.5 Å². The molecule has 0 fully saturated rings. The third-order valence-electron chi connectivity index (χ3n) is 4.24. The number of sulfonamides is 1. The lowest BCUT2D eigenvalue weighted by molar-refractivity contribution is 0.0919. The molecule has 0 saturated heterocycles. The Morgan fingerprint density at radius 3 is 2.12 bits per heavy atom. The smallest absolute Gasteiger partial charge is 0.269 e. The molecule has 33 heavy (non-hydrogen) atoms. The molecule has 11 nitrogen and oxygen atoms in total. The van der Waals surface area contributed by atoms with Crippen molar-refractivity contribution in [3.8, 4) is 0 Å². The summed E-state index contributed by atoms with van der Waals surface area (Å²) in [5, 5.41) is 5.23. The Morgan fingerprint density at radius 2 is 1.52 bits per heavy atom. The fraction of sp³-hybridized carbons (Fsp3) is 0.333. The predicted octanol–water partition coefficient (Wildman–Crippen LogP) is 0.343. The molecule has 0 radical (unpaired) electrons. The molecule has 1 aromatic heterocycles. The van der Waals surface area contributed by atoms with Crippen molar-refractivity contribution in [1.29, 1.82) is 0 Å². The Morgan fingerprint density at radius 1 is 0.879 bits per heavy atom. The zero-order valence-corrected chi connectivity index (χ0v) is 19.1. The summed E-state index contributed by atoms with van der Waals surface area (Å²) in [6.07, 6.45) is 1.10. The van der Waals surface area contributed by atoms with Gasteiger partial charge in [-0.05, 0) is 43.3 Å². The van der Waals surface area contributed by atoms with Crippen LogP contribution in [-0.4, -0.2) is 71.1 Å². The molecular formula is C21H26N4O7S. The van der Waals surface area contributed by atoms with Crippen molar-refractivity contribution < 1.29 is 32.3 Å². The van der Waals surface area contributed by atoms with Crippen LogP contribution in [0, 0.1) is 0 Å². The second kappa shape index (κ2) is 12.6. The molecule has 0 atom stereocenters. The van der Waals surface area contributed by atoms with Gasteiger partial charge in [0.1, 0.15) is 5.69 Å². The van der Waals surface area contributed by atoms with Crippen LogP contribution < -0.4 is 15.4 Å². The third-order valence-corrected chi connectivity index (χ3v) is 5.59. The van der Waals surface area contributed by atoms with E-state index in [9.17, 15) is 22.8 Å². The van der Waals surface area contributed by atoms with Gasteiger partial charge in [-0.15, -0.1) is 0 Å². The summed E-state index contributed by atoms with van der Waals surface area (Å²) in [6, 6.07) is 7.72. The van der Waals surface area contributed by atoms with Gasteiger partial charge in [0.05, 0.1) is 23.7 Å². The van der Waals surface area contributed by atoms with Gasteiger partial charge in [-0.3, -0.25) is 19.4 Å². The van der Waals surface area contributed by atoms with Crippen LogP contribution in [0.4, 0.5) is 0 Å². The molecule has 1 aromatic carbocycles. The lowest BCUT2D eigenvalue weighted by Crippen LogP contribution is -2.31. The van der Waals surface area contributed by atoms with Crippen LogP contribution in [0.1, 0.15) is 38.1 Å². The van der Waals surface area contributed by atoms with Crippen molar-refractivity contribution in [1.82, 2.24) is 20.3 Å². The molecule has 12 heteroatoms. The first-order valence-electron chi connectivity index (χ1n) is 10.0. The average molecular weight is 479 g/mol. The topological polar surface area (TPSA) is 153 Å². The number of ether oxygens (including phenoxy) is 2. The second-order valence-corrected chi connectivity index (χ2v) is 8.28. The number of nitrogens with one attached hydrogen (secondary N) is 3. The van der Waals surface area contributed by atoms with Crippen molar-refractivity contribution in [2.24, 2.45) is 0 Å². The number of pyridine rings is 1. The predicted molar refractivity (Wildman–Crippen MR) is 118 cm³/mol. The summed E-state index contributed by atoms with van der Waals surface area (Å²) >= 11 is 0. The highest BCUT2D eigenvalue weighted by Crippen LogP contribution is 2.12. The van der Waals surface area contributed by atoms with E-state index in [0.717, 1.165) is 6.20 Å². The molecule has 178 valence electrons. The van der Waals surface area contributed by atoms with Gasteiger partial charge in [0.15, 0.2) is 0 Å². The van der Waals surface area contributed by atoms with E-state index in [0.29, 0.717) is 32.9 Å². The Bertz CT molecular complexity index is 1060. The van der Waals surface area contributed by atoms with Gasteiger partial charge in [0, 0.05) is 38.6 Å². The van der Waals surface area contributed by atoms with Crippen molar-refractivity contribution in [2.75, 3.05) is 40.0 Å². The van der Waals surface area contributed by atoms with Crippen molar-refractivity contribution in [2.45, 2.75) is 11.8 Å². The summed E-state index contributed by atoms with van der Waals surface area (Å²) in [7, 11) is -2.69. The molecule has 0 aliphatic rings. The average Bonchev–Trinajstić information content (AvgIpc) is 2.81. The summed E-state index contributed by atoms with van der Waals surface area (Å²) in [4.78, 5) is 40.0. The van der Waals surface area contributed by atoms with Crippen molar-refractivity contribution in [3.63, 3.8) is 0 Å². The number of methoxy groups -OCH3 is 1. The standard InChI is InChI=1S/C21H26N4O7S/c1-3-32-13-11-22-19(26)15-4-7-17(8-5-15)33(29,30)25-20(27)16-6-9-18(24-14-16)21(28)23-10-12-31-2/h4-9,14H,3,10-13H2,1-2H3,(H,22,26)(H,23,28)(H,25,27). The van der Waals surface area contributed by atoms with Gasteiger partial charge < -0.3 is 20.1 Å². The molecule has 0 spiro atoms. The maximum atomic E-state index is 12.5. The van der Waals surface area contributed by atoms with E-state index in [1.54, 1.807) is 0 Å². The fourth-order valence-corrected chi connectivity index (χ4v) is 3.50. The SMILES string of the molecule is CCOCCNC(=O)c1ccc(S(=O)(=O)NC(=O)c2ccc(C(=O)NCCOC)nc2)cc1. The molecule has 1 heterocycles. The third kappa shape index (κ3) is 7.93. The molecule has 0 aliphatic carbocycles. The number of rotatable bonds is 12. The summed E-state index contributed by atoms with van der Waals surface area (Å²) < 4.78 is 36.9. The van der Waals surface area contributed by atoms with E-state index in [1.807, 2.05) is 11.6 Å². The van der Waals surface area contributed by atoms with Gasteiger partial charge in [-0.25, -0.2) is 13.1 Å². The van der Waals surface area contributed by atoms with Gasteiger partial charge in [0.2, 0.25) is 0 Å². The van der Waals surface area contributed by atoms with Gasteiger partial charge in [-0.2, -0.15) is 0 Å². The Kier molecular flexibility index (Phi) is 9.91. The number of hydrogen-bond acceptors (Lipinski definition) is 8. The summed E-state index contributed by atoms with van der Waals surface area (Å²) in [5.41, 5.74) is 0.290. The zero-order valence-electron chi connectivity index (χ0n) is 18.3. The maximum Gasteiger partial charge on any atom is 0.269 e. The highest BCUT2D eigenvalue weighted by atomic mass is 32.2. The second-order valence-electron chi connectivity index (χ2n) is 6.59. The maximum absolute atomic E-state index is 12.5. The fourth-order valence-electron chi connectivity index (χ4n) is 2.53. The number of aromatic nitrogens is 1. The first-order chi connectivity index (χ1) is 15.8. The van der Waals surface area contributed by atoms with Gasteiger partial charge >= 0.3 is 0 Å². The summed E-state index contributed by atoms with van der Waals surface area (Å²) in [6.45, 7) is 3.71. The molecule has 3 N–H and O–H groups in total. The lowest BCUT2D eigenvalue weighted by atomic mass is 10.2. The number of carbonyl (C=O) groups is 3. The Balaban J connectivity index is 1.98. The van der Waals surface area contributed by atoms with Crippen LogP contribution in [0.25, 0.3) is 0 Å². The Labute approximate surface area is 191 Å². The molecule has 2 rings (SSSR count). The van der Waals surface area contributed by atoms with Crippen molar-refractivity contribution >= 4 is 27.7 Å². The molecule has 0 saturated carbocycles. The van der Waals surface area contributed by atoms with E-state index < -0.39 is 21.8 Å². The van der Waals surface area contributed by atoms with E-state index in [-0.39, 0.29) is 27.6 Å². The van der Waals surface area contributed by atoms with Crippen LogP contribution in [-0.2, 0) is 19.5 Å². The minimum absolute atomic E-state index is 0.0442. The minimum atomic E-state index is -4.19. The van der Waals surface area contributed by atoms with E-state index >= 15 is 0 Å². The van der Waals surface area contributed by atoms with E-state index in [2.05, 4.69) is 15.6 Å². The van der Waals surface area contributed by atoms with Crippen LogP contribution in [0.2, 0.25) is 0 Å². The summed E-state index contributed by atoms with van der Waals surface area (Å²) in [5.74, 6) is -1.74. The molecule has 2 aromatic rings. The van der Waals surface area contributed by atoms with Crippen LogP contribution in [0.15, 0.2) is 47.5 Å². The normalized spacial score (nSPS) is 11.0. The monoisotopic (exact) mass is 478 g/mol. The molecule has 0 unspecified atom stereocenters. The number of carbonyl (C=O) groups excluding carboxylic acids is 3. The molecule has 0 aliphatic heterocycles. The number of benzene rings is 1. The first-order valence-corrected chi connectivity index (χ1v) is 11.5. The number of amides is 3. The number of hydrogen-bond donors (Lipinski definition) is 3. The first kappa shape index (κ1) is 25.9. The molecule has 3 amide bonds.